The van der Waals surface area contributed by atoms with E-state index in [2.05, 4.69) is 13.8 Å². The van der Waals surface area contributed by atoms with Gasteiger partial charge in [0.2, 0.25) is 0 Å². The van der Waals surface area contributed by atoms with Crippen LogP contribution in [0.4, 0.5) is 0 Å². The van der Waals surface area contributed by atoms with Crippen molar-refractivity contribution in [1.82, 2.24) is 4.90 Å². The Kier molecular flexibility index (Phi) is 6.69. The van der Waals surface area contributed by atoms with Gasteiger partial charge in [-0.25, -0.2) is 0 Å². The number of aliphatic hydroxyl groups is 1. The minimum Gasteiger partial charge on any atom is -0.507 e. The van der Waals surface area contributed by atoms with Gasteiger partial charge in [-0.1, -0.05) is 33.8 Å². The van der Waals surface area contributed by atoms with Crippen LogP contribution in [0.3, 0.4) is 0 Å². The van der Waals surface area contributed by atoms with Gasteiger partial charge in [-0.05, 0) is 41.9 Å². The predicted octanol–water partition coefficient (Wildman–Crippen LogP) is 3.50. The fraction of sp³-hybridized carbons (Fsp3) is 0.667. The molecule has 146 valence electrons. The van der Waals surface area contributed by atoms with Crippen LogP contribution in [0.15, 0.2) is 12.1 Å². The largest absolute Gasteiger partial charge is 0.507 e. The van der Waals surface area contributed by atoms with Crippen LogP contribution in [0.1, 0.15) is 73.9 Å². The minimum absolute atomic E-state index is 0.0310. The maximum Gasteiger partial charge on any atom is 0.257 e. The SMILES string of the molecule is CC(C)c1cc(C(=O)N(C)CC2(CO)CCOCC2)c(O)c(C(C)C)c1. The highest BCUT2D eigenvalue weighted by molar-refractivity contribution is 5.97. The summed E-state index contributed by atoms with van der Waals surface area (Å²) in [6, 6.07) is 3.80. The summed E-state index contributed by atoms with van der Waals surface area (Å²) in [5, 5.41) is 20.6. The molecular formula is C21H33NO4. The Hall–Kier alpha value is -1.59. The molecule has 1 aliphatic heterocycles. The highest BCUT2D eigenvalue weighted by atomic mass is 16.5. The number of aromatic hydroxyl groups is 1. The van der Waals surface area contributed by atoms with E-state index in [1.54, 1.807) is 18.0 Å². The third-order valence-corrected chi connectivity index (χ3v) is 5.49. The van der Waals surface area contributed by atoms with Gasteiger partial charge in [-0.2, -0.15) is 0 Å². The number of nitrogens with zero attached hydrogens (tertiary/aromatic N) is 1. The summed E-state index contributed by atoms with van der Waals surface area (Å²) in [7, 11) is 1.74. The zero-order chi connectivity index (χ0) is 19.5. The molecule has 1 amide bonds. The summed E-state index contributed by atoms with van der Waals surface area (Å²) < 4.78 is 5.40. The molecule has 0 bridgehead atoms. The molecular weight excluding hydrogens is 330 g/mol. The van der Waals surface area contributed by atoms with Gasteiger partial charge in [0.05, 0.1) is 12.2 Å². The van der Waals surface area contributed by atoms with Crippen molar-refractivity contribution in [3.63, 3.8) is 0 Å². The summed E-state index contributed by atoms with van der Waals surface area (Å²) >= 11 is 0. The minimum atomic E-state index is -0.325. The summed E-state index contributed by atoms with van der Waals surface area (Å²) in [5.41, 5.74) is 1.87. The molecule has 0 radical (unpaired) electrons. The molecule has 1 aromatic rings. The lowest BCUT2D eigenvalue weighted by Gasteiger charge is -2.38. The summed E-state index contributed by atoms with van der Waals surface area (Å²) in [4.78, 5) is 14.7. The third kappa shape index (κ3) is 4.38. The number of ether oxygens (including phenoxy) is 1. The smallest absolute Gasteiger partial charge is 0.257 e. The topological polar surface area (TPSA) is 70.0 Å². The van der Waals surface area contributed by atoms with Crippen molar-refractivity contribution in [3.05, 3.63) is 28.8 Å². The molecule has 2 N–H and O–H groups in total. The number of phenolic OH excluding ortho intramolecular Hbond substituents is 1. The van der Waals surface area contributed by atoms with Crippen LogP contribution in [-0.2, 0) is 4.74 Å². The third-order valence-electron chi connectivity index (χ3n) is 5.49. The number of aliphatic hydroxyl groups excluding tert-OH is 1. The molecule has 2 rings (SSSR count). The van der Waals surface area contributed by atoms with Crippen molar-refractivity contribution in [2.45, 2.75) is 52.4 Å². The summed E-state index contributed by atoms with van der Waals surface area (Å²) in [6.07, 6.45) is 1.47. The van der Waals surface area contributed by atoms with Crippen LogP contribution in [-0.4, -0.2) is 54.4 Å². The monoisotopic (exact) mass is 363 g/mol. The van der Waals surface area contributed by atoms with Crippen LogP contribution in [0.2, 0.25) is 0 Å². The number of carbonyl (C=O) groups is 1. The molecule has 26 heavy (non-hydrogen) atoms. The van der Waals surface area contributed by atoms with Crippen molar-refractivity contribution < 1.29 is 19.7 Å². The average molecular weight is 363 g/mol. The van der Waals surface area contributed by atoms with E-state index in [1.165, 1.54) is 0 Å². The van der Waals surface area contributed by atoms with E-state index in [-0.39, 0.29) is 35.5 Å². The van der Waals surface area contributed by atoms with Gasteiger partial charge in [0.15, 0.2) is 0 Å². The Morgan fingerprint density at radius 3 is 2.31 bits per heavy atom. The highest BCUT2D eigenvalue weighted by Crippen LogP contribution is 2.35. The zero-order valence-electron chi connectivity index (χ0n) is 16.7. The van der Waals surface area contributed by atoms with Crippen molar-refractivity contribution in [2.24, 2.45) is 5.41 Å². The van der Waals surface area contributed by atoms with E-state index in [0.717, 1.165) is 24.0 Å². The molecule has 5 nitrogen and oxygen atoms in total. The number of hydrogen-bond donors (Lipinski definition) is 2. The molecule has 5 heteroatoms. The normalized spacial score (nSPS) is 16.9. The highest BCUT2D eigenvalue weighted by Gasteiger charge is 2.35. The van der Waals surface area contributed by atoms with Gasteiger partial charge in [0, 0.05) is 32.2 Å². The first kappa shape index (κ1) is 20.7. The van der Waals surface area contributed by atoms with Crippen molar-refractivity contribution >= 4 is 5.91 Å². The van der Waals surface area contributed by atoms with Crippen LogP contribution in [0.25, 0.3) is 0 Å². The van der Waals surface area contributed by atoms with E-state index in [4.69, 9.17) is 4.74 Å². The molecule has 0 spiro atoms. The Balaban J connectivity index is 2.32. The first-order valence-corrected chi connectivity index (χ1v) is 9.51. The number of amides is 1. The fourth-order valence-corrected chi connectivity index (χ4v) is 3.57. The average Bonchev–Trinajstić information content (AvgIpc) is 2.61. The molecule has 1 heterocycles. The summed E-state index contributed by atoms with van der Waals surface area (Å²) in [5.74, 6) is 0.270. The number of benzene rings is 1. The molecule has 0 saturated carbocycles. The molecule has 1 aliphatic rings. The van der Waals surface area contributed by atoms with Crippen LogP contribution < -0.4 is 0 Å². The standard InChI is InChI=1S/C21H33NO4/c1-14(2)16-10-17(15(3)4)19(24)18(11-16)20(25)22(5)12-21(13-23)6-8-26-9-7-21/h10-11,14-15,23-24H,6-9,12-13H2,1-5H3. The maximum atomic E-state index is 13.1. The molecule has 1 aromatic carbocycles. The second kappa shape index (κ2) is 8.40. The Morgan fingerprint density at radius 2 is 1.81 bits per heavy atom. The van der Waals surface area contributed by atoms with E-state index in [9.17, 15) is 15.0 Å². The van der Waals surface area contributed by atoms with Crippen LogP contribution in [0.5, 0.6) is 5.75 Å². The number of carbonyl (C=O) groups excluding carboxylic acids is 1. The van der Waals surface area contributed by atoms with Gasteiger partial charge in [-0.3, -0.25) is 4.79 Å². The van der Waals surface area contributed by atoms with E-state index >= 15 is 0 Å². The van der Waals surface area contributed by atoms with E-state index in [0.29, 0.717) is 25.3 Å². The number of hydrogen-bond acceptors (Lipinski definition) is 4. The molecule has 1 fully saturated rings. The summed E-state index contributed by atoms with van der Waals surface area (Å²) in [6.45, 7) is 9.88. The van der Waals surface area contributed by atoms with Crippen molar-refractivity contribution in [3.8, 4) is 5.75 Å². The molecule has 0 unspecified atom stereocenters. The lowest BCUT2D eigenvalue weighted by atomic mass is 9.80. The lowest BCUT2D eigenvalue weighted by Crippen LogP contribution is -2.44. The number of phenols is 1. The van der Waals surface area contributed by atoms with Crippen molar-refractivity contribution in [2.75, 3.05) is 33.4 Å². The predicted molar refractivity (Wildman–Crippen MR) is 103 cm³/mol. The quantitative estimate of drug-likeness (QED) is 0.811. The molecule has 0 aliphatic carbocycles. The van der Waals surface area contributed by atoms with Crippen LogP contribution >= 0.6 is 0 Å². The van der Waals surface area contributed by atoms with Crippen LogP contribution in [0, 0.1) is 5.41 Å². The van der Waals surface area contributed by atoms with Gasteiger partial charge in [-0.15, -0.1) is 0 Å². The first-order valence-electron chi connectivity index (χ1n) is 9.51. The molecule has 1 saturated heterocycles. The zero-order valence-corrected chi connectivity index (χ0v) is 16.7. The van der Waals surface area contributed by atoms with Crippen molar-refractivity contribution in [1.29, 1.82) is 0 Å². The van der Waals surface area contributed by atoms with Gasteiger partial charge in [0.25, 0.3) is 5.91 Å². The number of rotatable bonds is 6. The second-order valence-electron chi connectivity index (χ2n) is 8.25. The van der Waals surface area contributed by atoms with E-state index < -0.39 is 0 Å². The lowest BCUT2D eigenvalue weighted by molar-refractivity contribution is -0.0283. The van der Waals surface area contributed by atoms with Gasteiger partial charge < -0.3 is 19.8 Å². The van der Waals surface area contributed by atoms with Gasteiger partial charge in [0.1, 0.15) is 5.75 Å². The maximum absolute atomic E-state index is 13.1. The Bertz CT molecular complexity index is 633. The first-order chi connectivity index (χ1) is 12.2. The van der Waals surface area contributed by atoms with E-state index in [1.807, 2.05) is 19.9 Å². The molecule has 0 atom stereocenters. The molecule has 0 aromatic heterocycles. The fourth-order valence-electron chi connectivity index (χ4n) is 3.57. The van der Waals surface area contributed by atoms with Gasteiger partial charge >= 0.3 is 0 Å². The second-order valence-corrected chi connectivity index (χ2v) is 8.25. The Labute approximate surface area is 157 Å². The Morgan fingerprint density at radius 1 is 1.19 bits per heavy atom.